The molecule has 2 aromatic heterocycles. The normalized spacial score (nSPS) is 10.2. The highest BCUT2D eigenvalue weighted by Gasteiger charge is 2.11. The summed E-state index contributed by atoms with van der Waals surface area (Å²) in [4.78, 5) is 28.9. The van der Waals surface area contributed by atoms with E-state index in [-0.39, 0.29) is 11.7 Å². The van der Waals surface area contributed by atoms with E-state index in [1.807, 2.05) is 6.07 Å². The van der Waals surface area contributed by atoms with Gasteiger partial charge < -0.3 is 15.3 Å². The van der Waals surface area contributed by atoms with Crippen molar-refractivity contribution in [1.82, 2.24) is 9.88 Å². The van der Waals surface area contributed by atoms with E-state index in [4.69, 9.17) is 16.7 Å². The highest BCUT2D eigenvalue weighted by molar-refractivity contribution is 7.16. The first-order valence-corrected chi connectivity index (χ1v) is 7.11. The van der Waals surface area contributed by atoms with Crippen LogP contribution in [0.2, 0.25) is 4.34 Å². The molecule has 2 N–H and O–H groups in total. The fourth-order valence-corrected chi connectivity index (χ4v) is 2.70. The van der Waals surface area contributed by atoms with Gasteiger partial charge in [0.15, 0.2) is 0 Å². The highest BCUT2D eigenvalue weighted by Crippen LogP contribution is 2.22. The first kappa shape index (κ1) is 15.3. The minimum atomic E-state index is -1.11. The number of rotatable bonds is 4. The number of anilines is 1. The monoisotopic (exact) mass is 325 g/mol. The fraction of sp³-hybridized carbons (Fsp3) is 0.154. The molecule has 8 heteroatoms. The van der Waals surface area contributed by atoms with E-state index in [1.165, 1.54) is 34.6 Å². The SMILES string of the molecule is CN(Cc1ccc(Cl)s1)C(=O)Nc1ccc(C(=O)O)nc1. The summed E-state index contributed by atoms with van der Waals surface area (Å²) in [7, 11) is 1.65. The van der Waals surface area contributed by atoms with Crippen LogP contribution in [0.25, 0.3) is 0 Å². The van der Waals surface area contributed by atoms with Crippen LogP contribution in [0.5, 0.6) is 0 Å². The first-order chi connectivity index (χ1) is 9.95. The minimum absolute atomic E-state index is 0.0745. The molecule has 21 heavy (non-hydrogen) atoms. The topological polar surface area (TPSA) is 82.5 Å². The van der Waals surface area contributed by atoms with E-state index in [2.05, 4.69) is 10.3 Å². The van der Waals surface area contributed by atoms with E-state index in [0.29, 0.717) is 16.6 Å². The Hall–Kier alpha value is -2.12. The number of carboxylic acids is 1. The molecule has 0 saturated carbocycles. The van der Waals surface area contributed by atoms with Crippen molar-refractivity contribution in [3.8, 4) is 0 Å². The van der Waals surface area contributed by atoms with Gasteiger partial charge in [0.1, 0.15) is 5.69 Å². The predicted octanol–water partition coefficient (Wildman–Crippen LogP) is 3.16. The van der Waals surface area contributed by atoms with E-state index in [1.54, 1.807) is 13.1 Å². The molecule has 2 heterocycles. The molecule has 0 aliphatic heterocycles. The summed E-state index contributed by atoms with van der Waals surface area (Å²) in [5.74, 6) is -1.11. The standard InChI is InChI=1S/C13H12ClN3O3S/c1-17(7-9-3-5-11(14)21-9)13(20)16-8-2-4-10(12(18)19)15-6-8/h2-6H,7H2,1H3,(H,16,20)(H,18,19). The lowest BCUT2D eigenvalue weighted by Gasteiger charge is -2.17. The van der Waals surface area contributed by atoms with Gasteiger partial charge in [0.25, 0.3) is 0 Å². The summed E-state index contributed by atoms with van der Waals surface area (Å²) in [6.07, 6.45) is 1.30. The third kappa shape index (κ3) is 4.17. The number of urea groups is 1. The quantitative estimate of drug-likeness (QED) is 0.904. The number of pyridine rings is 1. The number of carboxylic acid groups (broad SMARTS) is 1. The molecule has 2 rings (SSSR count). The van der Waals surface area contributed by atoms with Crippen molar-refractivity contribution in [3.05, 3.63) is 45.4 Å². The van der Waals surface area contributed by atoms with Gasteiger partial charge in [0.2, 0.25) is 0 Å². The third-order valence-corrected chi connectivity index (χ3v) is 3.82. The molecule has 0 spiro atoms. The molecule has 0 bridgehead atoms. The zero-order valence-corrected chi connectivity index (χ0v) is 12.6. The lowest BCUT2D eigenvalue weighted by atomic mass is 10.3. The average Bonchev–Trinajstić information content (AvgIpc) is 2.84. The van der Waals surface area contributed by atoms with Crippen LogP contribution in [0.4, 0.5) is 10.5 Å². The van der Waals surface area contributed by atoms with Crippen LogP contribution in [0, 0.1) is 0 Å². The Morgan fingerprint density at radius 1 is 1.38 bits per heavy atom. The molecule has 0 radical (unpaired) electrons. The van der Waals surface area contributed by atoms with Crippen LogP contribution in [0.15, 0.2) is 30.5 Å². The second kappa shape index (κ2) is 6.55. The van der Waals surface area contributed by atoms with Gasteiger partial charge in [-0.2, -0.15) is 0 Å². The second-order valence-electron chi connectivity index (χ2n) is 4.23. The van der Waals surface area contributed by atoms with Gasteiger partial charge in [-0.1, -0.05) is 11.6 Å². The van der Waals surface area contributed by atoms with E-state index in [9.17, 15) is 9.59 Å². The van der Waals surface area contributed by atoms with Crippen molar-refractivity contribution in [2.45, 2.75) is 6.54 Å². The Labute approximate surface area is 130 Å². The van der Waals surface area contributed by atoms with Crippen LogP contribution in [-0.4, -0.2) is 34.0 Å². The second-order valence-corrected chi connectivity index (χ2v) is 6.03. The number of nitrogens with zero attached hydrogens (tertiary/aromatic N) is 2. The van der Waals surface area contributed by atoms with Crippen LogP contribution in [0.1, 0.15) is 15.4 Å². The maximum absolute atomic E-state index is 12.0. The molecule has 2 amide bonds. The molecule has 110 valence electrons. The lowest BCUT2D eigenvalue weighted by molar-refractivity contribution is 0.0690. The number of halogens is 1. The fourth-order valence-electron chi connectivity index (χ4n) is 1.56. The Bertz CT molecular complexity index is 657. The largest absolute Gasteiger partial charge is 0.477 e. The van der Waals surface area contributed by atoms with Gasteiger partial charge in [-0.05, 0) is 24.3 Å². The number of amides is 2. The molecule has 0 aliphatic carbocycles. The Morgan fingerprint density at radius 2 is 2.14 bits per heavy atom. The number of aromatic carboxylic acids is 1. The molecule has 0 aromatic carbocycles. The molecule has 0 saturated heterocycles. The summed E-state index contributed by atoms with van der Waals surface area (Å²) < 4.78 is 0.673. The van der Waals surface area contributed by atoms with Crippen molar-refractivity contribution in [3.63, 3.8) is 0 Å². The molecule has 0 aliphatic rings. The number of aromatic nitrogens is 1. The van der Waals surface area contributed by atoms with Gasteiger partial charge in [-0.25, -0.2) is 14.6 Å². The van der Waals surface area contributed by atoms with Crippen molar-refractivity contribution < 1.29 is 14.7 Å². The van der Waals surface area contributed by atoms with E-state index in [0.717, 1.165) is 4.88 Å². The maximum Gasteiger partial charge on any atom is 0.354 e. The molecule has 6 nitrogen and oxygen atoms in total. The summed E-state index contributed by atoms with van der Waals surface area (Å²) >= 11 is 7.25. The van der Waals surface area contributed by atoms with E-state index < -0.39 is 5.97 Å². The minimum Gasteiger partial charge on any atom is -0.477 e. The van der Waals surface area contributed by atoms with Gasteiger partial charge in [-0.15, -0.1) is 11.3 Å². The number of thiophene rings is 1. The number of carbonyl (C=O) groups is 2. The van der Waals surface area contributed by atoms with Crippen molar-refractivity contribution in [1.29, 1.82) is 0 Å². The van der Waals surface area contributed by atoms with Crippen molar-refractivity contribution in [2.24, 2.45) is 0 Å². The van der Waals surface area contributed by atoms with Gasteiger partial charge in [0.05, 0.1) is 22.8 Å². The number of carbonyl (C=O) groups excluding carboxylic acids is 1. The van der Waals surface area contributed by atoms with Crippen molar-refractivity contribution in [2.75, 3.05) is 12.4 Å². The smallest absolute Gasteiger partial charge is 0.354 e. The molecule has 0 fully saturated rings. The summed E-state index contributed by atoms with van der Waals surface area (Å²) in [6, 6.07) is 6.15. The van der Waals surface area contributed by atoms with Gasteiger partial charge >= 0.3 is 12.0 Å². The molecule has 0 atom stereocenters. The Balaban J connectivity index is 1.95. The summed E-state index contributed by atoms with van der Waals surface area (Å²) in [6.45, 7) is 0.434. The van der Waals surface area contributed by atoms with E-state index >= 15 is 0 Å². The van der Waals surface area contributed by atoms with Crippen LogP contribution in [-0.2, 0) is 6.54 Å². The molecule has 2 aromatic rings. The van der Waals surface area contributed by atoms with Gasteiger partial charge in [-0.3, -0.25) is 0 Å². The molecule has 0 unspecified atom stereocenters. The predicted molar refractivity (Wildman–Crippen MR) is 81.0 cm³/mol. The lowest BCUT2D eigenvalue weighted by Crippen LogP contribution is -2.30. The number of hydrogen-bond donors (Lipinski definition) is 2. The van der Waals surface area contributed by atoms with Crippen LogP contribution in [0.3, 0.4) is 0 Å². The third-order valence-electron chi connectivity index (χ3n) is 2.60. The summed E-state index contributed by atoms with van der Waals surface area (Å²) in [5.41, 5.74) is 0.357. The zero-order chi connectivity index (χ0) is 15.4. The Morgan fingerprint density at radius 3 is 2.67 bits per heavy atom. The first-order valence-electron chi connectivity index (χ1n) is 5.91. The number of hydrogen-bond acceptors (Lipinski definition) is 4. The zero-order valence-electron chi connectivity index (χ0n) is 11.0. The average molecular weight is 326 g/mol. The molecular formula is C13H12ClN3O3S. The van der Waals surface area contributed by atoms with Gasteiger partial charge in [0, 0.05) is 11.9 Å². The van der Waals surface area contributed by atoms with Crippen LogP contribution >= 0.6 is 22.9 Å². The van der Waals surface area contributed by atoms with Crippen LogP contribution < -0.4 is 5.32 Å². The maximum atomic E-state index is 12.0. The highest BCUT2D eigenvalue weighted by atomic mass is 35.5. The van der Waals surface area contributed by atoms with Crippen molar-refractivity contribution >= 4 is 40.6 Å². The summed E-state index contributed by atoms with van der Waals surface area (Å²) in [5, 5.41) is 11.4. The number of nitrogens with one attached hydrogen (secondary N) is 1. The molecular weight excluding hydrogens is 314 g/mol. The Kier molecular flexibility index (Phi) is 4.77.